The normalized spacial score (nSPS) is 32.7. The number of hydrogen-bond acceptors (Lipinski definition) is 3. The van der Waals surface area contributed by atoms with Crippen molar-refractivity contribution in [3.63, 3.8) is 0 Å². The highest BCUT2D eigenvalue weighted by Gasteiger charge is 2.25. The molecule has 1 saturated heterocycles. The molecule has 0 aromatic carbocycles. The topological polar surface area (TPSA) is 24.5 Å². The van der Waals surface area contributed by atoms with Crippen molar-refractivity contribution < 1.29 is 4.74 Å². The molecular formula is C17H34N2O. The summed E-state index contributed by atoms with van der Waals surface area (Å²) in [6, 6.07) is 1.43. The second-order valence-corrected chi connectivity index (χ2v) is 6.89. The molecule has 0 radical (unpaired) electrons. The van der Waals surface area contributed by atoms with Gasteiger partial charge < -0.3 is 10.1 Å². The summed E-state index contributed by atoms with van der Waals surface area (Å²) in [5.74, 6) is 0.993. The van der Waals surface area contributed by atoms with Gasteiger partial charge in [0, 0.05) is 31.8 Å². The molecule has 1 heterocycles. The fraction of sp³-hybridized carbons (Fsp3) is 1.00. The molecule has 3 nitrogen and oxygen atoms in total. The Morgan fingerprint density at radius 1 is 1.20 bits per heavy atom. The van der Waals surface area contributed by atoms with Gasteiger partial charge in [0.2, 0.25) is 0 Å². The van der Waals surface area contributed by atoms with Gasteiger partial charge in [-0.15, -0.1) is 0 Å². The number of rotatable bonds is 7. The zero-order valence-corrected chi connectivity index (χ0v) is 13.7. The van der Waals surface area contributed by atoms with Crippen molar-refractivity contribution in [2.45, 2.75) is 77.0 Å². The average molecular weight is 282 g/mol. The van der Waals surface area contributed by atoms with Crippen LogP contribution in [-0.4, -0.2) is 49.8 Å². The van der Waals surface area contributed by atoms with E-state index in [1.165, 1.54) is 44.9 Å². The summed E-state index contributed by atoms with van der Waals surface area (Å²) < 4.78 is 5.66. The van der Waals surface area contributed by atoms with Gasteiger partial charge in [-0.2, -0.15) is 0 Å². The van der Waals surface area contributed by atoms with Crippen molar-refractivity contribution in [1.82, 2.24) is 10.2 Å². The van der Waals surface area contributed by atoms with E-state index in [4.69, 9.17) is 4.74 Å². The molecule has 3 heteroatoms. The van der Waals surface area contributed by atoms with Crippen molar-refractivity contribution >= 4 is 0 Å². The number of ether oxygens (including phenoxy) is 1. The van der Waals surface area contributed by atoms with Crippen LogP contribution >= 0.6 is 0 Å². The molecule has 2 fully saturated rings. The molecule has 0 aromatic rings. The van der Waals surface area contributed by atoms with E-state index in [1.54, 1.807) is 0 Å². The molecule has 2 rings (SSSR count). The molecule has 1 saturated carbocycles. The molecular weight excluding hydrogens is 248 g/mol. The van der Waals surface area contributed by atoms with E-state index in [0.29, 0.717) is 12.1 Å². The lowest BCUT2D eigenvalue weighted by atomic mass is 9.84. The Hall–Kier alpha value is -0.120. The number of hydrogen-bond donors (Lipinski definition) is 1. The molecule has 0 amide bonds. The molecule has 0 bridgehead atoms. The molecule has 2 unspecified atom stereocenters. The van der Waals surface area contributed by atoms with Crippen molar-refractivity contribution in [3.05, 3.63) is 0 Å². The van der Waals surface area contributed by atoms with E-state index in [9.17, 15) is 0 Å². The van der Waals surface area contributed by atoms with Crippen molar-refractivity contribution in [3.8, 4) is 0 Å². The minimum Gasteiger partial charge on any atom is -0.377 e. The van der Waals surface area contributed by atoms with Gasteiger partial charge in [0.1, 0.15) is 0 Å². The van der Waals surface area contributed by atoms with Gasteiger partial charge in [0.05, 0.1) is 6.10 Å². The summed E-state index contributed by atoms with van der Waals surface area (Å²) in [4.78, 5) is 2.61. The summed E-state index contributed by atoms with van der Waals surface area (Å²) in [7, 11) is 2.31. The van der Waals surface area contributed by atoms with E-state index >= 15 is 0 Å². The first-order chi connectivity index (χ1) is 9.70. The standard InChI is InChI=1S/C17H34N2O/c1-4-15-7-9-16(10-8-15)19(3)14(2)12-18-13-17-6-5-11-20-17/h14-18H,4-13H2,1-3H3. The van der Waals surface area contributed by atoms with Crippen LogP contribution in [0, 0.1) is 5.92 Å². The molecule has 2 aliphatic rings. The number of nitrogens with one attached hydrogen (secondary N) is 1. The second-order valence-electron chi connectivity index (χ2n) is 6.89. The van der Waals surface area contributed by atoms with Crippen LogP contribution in [0.1, 0.15) is 58.8 Å². The third-order valence-corrected chi connectivity index (χ3v) is 5.50. The summed E-state index contributed by atoms with van der Waals surface area (Å²) >= 11 is 0. The van der Waals surface area contributed by atoms with Crippen LogP contribution in [0.2, 0.25) is 0 Å². The summed E-state index contributed by atoms with van der Waals surface area (Å²) in [6.07, 6.45) is 9.96. The van der Waals surface area contributed by atoms with Gasteiger partial charge in [-0.3, -0.25) is 4.90 Å². The van der Waals surface area contributed by atoms with Gasteiger partial charge >= 0.3 is 0 Å². The summed E-state index contributed by atoms with van der Waals surface area (Å²) in [5.41, 5.74) is 0. The Kier molecular flexibility index (Phi) is 6.79. The Balaban J connectivity index is 1.62. The highest BCUT2D eigenvalue weighted by molar-refractivity contribution is 4.81. The second kappa shape index (κ2) is 8.35. The van der Waals surface area contributed by atoms with Crippen molar-refractivity contribution in [2.75, 3.05) is 26.7 Å². The van der Waals surface area contributed by atoms with Crippen LogP contribution in [0.4, 0.5) is 0 Å². The molecule has 0 aromatic heterocycles. The molecule has 1 aliphatic heterocycles. The fourth-order valence-corrected chi connectivity index (χ4v) is 3.72. The Morgan fingerprint density at radius 2 is 1.95 bits per heavy atom. The first-order valence-corrected chi connectivity index (χ1v) is 8.75. The maximum Gasteiger partial charge on any atom is 0.0700 e. The molecule has 20 heavy (non-hydrogen) atoms. The first kappa shape index (κ1) is 16.3. The smallest absolute Gasteiger partial charge is 0.0700 e. The third kappa shape index (κ3) is 4.71. The minimum absolute atomic E-state index is 0.465. The minimum atomic E-state index is 0.465. The first-order valence-electron chi connectivity index (χ1n) is 8.75. The van der Waals surface area contributed by atoms with Gasteiger partial charge in [-0.25, -0.2) is 0 Å². The zero-order chi connectivity index (χ0) is 14.4. The van der Waals surface area contributed by atoms with Crippen molar-refractivity contribution in [2.24, 2.45) is 5.92 Å². The van der Waals surface area contributed by atoms with E-state index in [1.807, 2.05) is 0 Å². The maximum atomic E-state index is 5.66. The predicted octanol–water partition coefficient (Wildman–Crippen LogP) is 3.04. The van der Waals surface area contributed by atoms with Gasteiger partial charge in [-0.05, 0) is 58.4 Å². The van der Waals surface area contributed by atoms with E-state index in [-0.39, 0.29) is 0 Å². The third-order valence-electron chi connectivity index (χ3n) is 5.50. The fourth-order valence-electron chi connectivity index (χ4n) is 3.72. The monoisotopic (exact) mass is 282 g/mol. The molecule has 1 N–H and O–H groups in total. The van der Waals surface area contributed by atoms with Crippen LogP contribution in [0.3, 0.4) is 0 Å². The number of likely N-dealkylation sites (N-methyl/N-ethyl adjacent to an activating group) is 1. The largest absolute Gasteiger partial charge is 0.377 e. The maximum absolute atomic E-state index is 5.66. The van der Waals surface area contributed by atoms with Gasteiger partial charge in [0.25, 0.3) is 0 Å². The van der Waals surface area contributed by atoms with Gasteiger partial charge in [-0.1, -0.05) is 13.3 Å². The Labute approximate surface area is 125 Å². The van der Waals surface area contributed by atoms with E-state index < -0.39 is 0 Å². The van der Waals surface area contributed by atoms with Crippen molar-refractivity contribution in [1.29, 1.82) is 0 Å². The molecule has 2 atom stereocenters. The zero-order valence-electron chi connectivity index (χ0n) is 13.7. The average Bonchev–Trinajstić information content (AvgIpc) is 2.99. The predicted molar refractivity (Wildman–Crippen MR) is 85.1 cm³/mol. The highest BCUT2D eigenvalue weighted by atomic mass is 16.5. The Bertz CT molecular complexity index is 258. The molecule has 118 valence electrons. The van der Waals surface area contributed by atoms with E-state index in [2.05, 4.69) is 31.1 Å². The lowest BCUT2D eigenvalue weighted by Crippen LogP contribution is -2.46. The molecule has 0 spiro atoms. The quantitative estimate of drug-likeness (QED) is 0.777. The van der Waals surface area contributed by atoms with Crippen LogP contribution in [0.25, 0.3) is 0 Å². The lowest BCUT2D eigenvalue weighted by Gasteiger charge is -2.38. The summed E-state index contributed by atoms with van der Waals surface area (Å²) in [5, 5.41) is 3.60. The number of nitrogens with zero attached hydrogens (tertiary/aromatic N) is 1. The Morgan fingerprint density at radius 3 is 2.55 bits per heavy atom. The molecule has 1 aliphatic carbocycles. The highest BCUT2D eigenvalue weighted by Crippen LogP contribution is 2.29. The van der Waals surface area contributed by atoms with E-state index in [0.717, 1.165) is 31.7 Å². The van der Waals surface area contributed by atoms with Crippen LogP contribution in [0.15, 0.2) is 0 Å². The van der Waals surface area contributed by atoms with Gasteiger partial charge in [0.15, 0.2) is 0 Å². The van der Waals surface area contributed by atoms with Crippen LogP contribution < -0.4 is 5.32 Å². The van der Waals surface area contributed by atoms with Crippen LogP contribution in [0.5, 0.6) is 0 Å². The summed E-state index contributed by atoms with van der Waals surface area (Å²) in [6.45, 7) is 7.77. The lowest BCUT2D eigenvalue weighted by molar-refractivity contribution is 0.101. The van der Waals surface area contributed by atoms with Crippen LogP contribution in [-0.2, 0) is 4.74 Å². The SMILES string of the molecule is CCC1CCC(N(C)C(C)CNCC2CCCO2)CC1.